The van der Waals surface area contributed by atoms with E-state index in [0.717, 1.165) is 0 Å². The van der Waals surface area contributed by atoms with Gasteiger partial charge >= 0.3 is 0 Å². The van der Waals surface area contributed by atoms with Crippen molar-refractivity contribution in [3.05, 3.63) is 35.9 Å². The highest BCUT2D eigenvalue weighted by atomic mass is 32.2. The second kappa shape index (κ2) is 4.67. The van der Waals surface area contributed by atoms with Gasteiger partial charge in [-0.25, -0.2) is 4.39 Å². The first-order chi connectivity index (χ1) is 8.09. The highest BCUT2D eigenvalue weighted by molar-refractivity contribution is 7.99. The summed E-state index contributed by atoms with van der Waals surface area (Å²) in [5.74, 6) is -0.808. The molecule has 0 radical (unpaired) electrons. The average molecular weight is 251 g/mol. The number of hydrogen-bond acceptors (Lipinski definition) is 4. The van der Waals surface area contributed by atoms with Gasteiger partial charge in [0.1, 0.15) is 12.1 Å². The highest BCUT2D eigenvalue weighted by Crippen LogP contribution is 2.30. The molecule has 0 unspecified atom stereocenters. The molecule has 2 aromatic rings. The summed E-state index contributed by atoms with van der Waals surface area (Å²) in [5.41, 5.74) is 0.0977. The minimum Gasteiger partial charge on any atom is -0.311 e. The van der Waals surface area contributed by atoms with Gasteiger partial charge in [-0.2, -0.15) is 0 Å². The molecule has 0 amide bonds. The number of aryl methyl sites for hydroxylation is 1. The van der Waals surface area contributed by atoms with Crippen molar-refractivity contribution in [2.45, 2.75) is 17.0 Å². The fourth-order valence-corrected chi connectivity index (χ4v) is 2.36. The summed E-state index contributed by atoms with van der Waals surface area (Å²) in [6.07, 6.45) is 1.55. The summed E-state index contributed by atoms with van der Waals surface area (Å²) in [4.78, 5) is 12.0. The minimum absolute atomic E-state index is 0.0977. The number of benzene rings is 1. The molecule has 0 aliphatic carbocycles. The molecule has 0 atom stereocenters. The summed E-state index contributed by atoms with van der Waals surface area (Å²) in [5, 5.41) is 8.22. The number of carbonyl (C=O) groups excluding carboxylic acids is 1. The molecule has 1 aromatic heterocycles. The molecule has 4 nitrogen and oxygen atoms in total. The van der Waals surface area contributed by atoms with E-state index >= 15 is 0 Å². The SMILES string of the molecule is CC(=O)c1c(F)cccc1Sc1nncn1C. The first kappa shape index (κ1) is 11.8. The molecule has 2 rings (SSSR count). The van der Waals surface area contributed by atoms with Gasteiger partial charge in [0.2, 0.25) is 0 Å². The Labute approximate surface area is 102 Å². The van der Waals surface area contributed by atoms with E-state index in [-0.39, 0.29) is 11.3 Å². The van der Waals surface area contributed by atoms with Gasteiger partial charge in [-0.15, -0.1) is 10.2 Å². The maximum Gasteiger partial charge on any atom is 0.195 e. The van der Waals surface area contributed by atoms with E-state index in [2.05, 4.69) is 10.2 Å². The van der Waals surface area contributed by atoms with Crippen LogP contribution < -0.4 is 0 Å². The number of nitrogens with zero attached hydrogens (tertiary/aromatic N) is 3. The predicted molar refractivity (Wildman–Crippen MR) is 61.5 cm³/mol. The van der Waals surface area contributed by atoms with Gasteiger partial charge in [-0.05, 0) is 30.8 Å². The number of aromatic nitrogens is 3. The van der Waals surface area contributed by atoms with Crippen LogP contribution in [0.15, 0.2) is 34.6 Å². The molecule has 0 aliphatic heterocycles. The van der Waals surface area contributed by atoms with Gasteiger partial charge in [0.05, 0.1) is 5.56 Å². The minimum atomic E-state index is -0.510. The number of carbonyl (C=O) groups is 1. The molecule has 1 heterocycles. The second-order valence-electron chi connectivity index (χ2n) is 3.50. The topological polar surface area (TPSA) is 47.8 Å². The Kier molecular flexibility index (Phi) is 3.23. The standard InChI is InChI=1S/C11H10FN3OS/c1-7(16)10-8(12)4-3-5-9(10)17-11-14-13-6-15(11)2/h3-6H,1-2H3. The predicted octanol–water partition coefficient (Wildman–Crippen LogP) is 2.31. The summed E-state index contributed by atoms with van der Waals surface area (Å²) < 4.78 is 15.3. The van der Waals surface area contributed by atoms with Crippen LogP contribution in [-0.2, 0) is 7.05 Å². The van der Waals surface area contributed by atoms with E-state index in [1.54, 1.807) is 30.1 Å². The summed E-state index contributed by atoms with van der Waals surface area (Å²) in [7, 11) is 1.79. The van der Waals surface area contributed by atoms with Crippen molar-refractivity contribution >= 4 is 17.5 Å². The lowest BCUT2D eigenvalue weighted by molar-refractivity contribution is 0.101. The van der Waals surface area contributed by atoms with Crippen LogP contribution in [0.1, 0.15) is 17.3 Å². The third kappa shape index (κ3) is 2.36. The zero-order valence-electron chi connectivity index (χ0n) is 9.35. The Bertz CT molecular complexity index is 568. The monoisotopic (exact) mass is 251 g/mol. The van der Waals surface area contributed by atoms with Crippen molar-refractivity contribution in [2.24, 2.45) is 7.05 Å². The second-order valence-corrected chi connectivity index (χ2v) is 4.50. The molecule has 0 bridgehead atoms. The van der Waals surface area contributed by atoms with Crippen molar-refractivity contribution in [1.82, 2.24) is 14.8 Å². The van der Waals surface area contributed by atoms with Crippen LogP contribution in [0.4, 0.5) is 4.39 Å². The normalized spacial score (nSPS) is 10.5. The quantitative estimate of drug-likeness (QED) is 0.785. The van der Waals surface area contributed by atoms with Gasteiger partial charge in [-0.3, -0.25) is 4.79 Å². The molecule has 17 heavy (non-hydrogen) atoms. The fraction of sp³-hybridized carbons (Fsp3) is 0.182. The Hall–Kier alpha value is -1.69. The number of ketones is 1. The molecule has 1 aromatic carbocycles. The van der Waals surface area contributed by atoms with E-state index in [0.29, 0.717) is 10.1 Å². The Morgan fingerprint density at radius 3 is 2.82 bits per heavy atom. The molecule has 0 saturated heterocycles. The van der Waals surface area contributed by atoms with Gasteiger partial charge in [0, 0.05) is 11.9 Å². The number of hydrogen-bond donors (Lipinski definition) is 0. The van der Waals surface area contributed by atoms with Crippen LogP contribution in [0.3, 0.4) is 0 Å². The summed E-state index contributed by atoms with van der Waals surface area (Å²) in [6, 6.07) is 4.54. The van der Waals surface area contributed by atoms with Gasteiger partial charge < -0.3 is 4.57 Å². The van der Waals surface area contributed by atoms with Crippen molar-refractivity contribution < 1.29 is 9.18 Å². The zero-order chi connectivity index (χ0) is 12.4. The molecule has 0 fully saturated rings. The third-order valence-corrected chi connectivity index (χ3v) is 3.31. The molecule has 6 heteroatoms. The molecule has 0 aliphatic rings. The van der Waals surface area contributed by atoms with Crippen molar-refractivity contribution in [3.8, 4) is 0 Å². The van der Waals surface area contributed by atoms with Crippen LogP contribution in [0.25, 0.3) is 0 Å². The highest BCUT2D eigenvalue weighted by Gasteiger charge is 2.15. The Morgan fingerprint density at radius 2 is 2.24 bits per heavy atom. The van der Waals surface area contributed by atoms with E-state index < -0.39 is 5.82 Å². The van der Waals surface area contributed by atoms with Gasteiger partial charge in [0.25, 0.3) is 0 Å². The molecule has 88 valence electrons. The van der Waals surface area contributed by atoms with E-state index in [1.165, 1.54) is 24.8 Å². The number of halogens is 1. The number of Topliss-reactive ketones (excluding diaryl/α,β-unsaturated/α-hetero) is 1. The largest absolute Gasteiger partial charge is 0.311 e. The maximum absolute atomic E-state index is 13.6. The first-order valence-corrected chi connectivity index (χ1v) is 5.72. The van der Waals surface area contributed by atoms with Crippen LogP contribution in [0.2, 0.25) is 0 Å². The summed E-state index contributed by atoms with van der Waals surface area (Å²) in [6.45, 7) is 1.35. The lowest BCUT2D eigenvalue weighted by atomic mass is 10.1. The molecule has 0 spiro atoms. The average Bonchev–Trinajstić information content (AvgIpc) is 2.64. The smallest absolute Gasteiger partial charge is 0.195 e. The first-order valence-electron chi connectivity index (χ1n) is 4.91. The molecule has 0 saturated carbocycles. The summed E-state index contributed by atoms with van der Waals surface area (Å²) >= 11 is 1.22. The Balaban J connectivity index is 2.43. The van der Waals surface area contributed by atoms with Crippen LogP contribution in [0, 0.1) is 5.82 Å². The molecular weight excluding hydrogens is 241 g/mol. The van der Waals surface area contributed by atoms with Gasteiger partial charge in [-0.1, -0.05) is 6.07 Å². The van der Waals surface area contributed by atoms with Gasteiger partial charge in [0.15, 0.2) is 10.9 Å². The maximum atomic E-state index is 13.6. The Morgan fingerprint density at radius 1 is 1.47 bits per heavy atom. The third-order valence-electron chi connectivity index (χ3n) is 2.20. The van der Waals surface area contributed by atoms with E-state index in [9.17, 15) is 9.18 Å². The van der Waals surface area contributed by atoms with Crippen LogP contribution in [0.5, 0.6) is 0 Å². The van der Waals surface area contributed by atoms with Crippen LogP contribution in [-0.4, -0.2) is 20.5 Å². The van der Waals surface area contributed by atoms with Crippen molar-refractivity contribution in [2.75, 3.05) is 0 Å². The van der Waals surface area contributed by atoms with Crippen LogP contribution >= 0.6 is 11.8 Å². The van der Waals surface area contributed by atoms with E-state index in [1.807, 2.05) is 0 Å². The van der Waals surface area contributed by atoms with Crippen molar-refractivity contribution in [1.29, 1.82) is 0 Å². The molecule has 0 N–H and O–H groups in total. The number of rotatable bonds is 3. The van der Waals surface area contributed by atoms with E-state index in [4.69, 9.17) is 0 Å². The lowest BCUT2D eigenvalue weighted by Gasteiger charge is -2.06. The lowest BCUT2D eigenvalue weighted by Crippen LogP contribution is -2.00. The fourth-order valence-electron chi connectivity index (χ4n) is 1.39. The van der Waals surface area contributed by atoms with Crippen molar-refractivity contribution in [3.63, 3.8) is 0 Å². The molecular formula is C11H10FN3OS. The zero-order valence-corrected chi connectivity index (χ0v) is 10.2.